The van der Waals surface area contributed by atoms with E-state index in [0.29, 0.717) is 11.3 Å². The number of benzene rings is 1. The number of anilines is 1. The maximum atomic E-state index is 13.9. The van der Waals surface area contributed by atoms with Gasteiger partial charge >= 0.3 is 0 Å². The van der Waals surface area contributed by atoms with Crippen molar-refractivity contribution in [3.05, 3.63) is 42.2 Å². The van der Waals surface area contributed by atoms with Gasteiger partial charge in [0, 0.05) is 30.4 Å². The highest BCUT2D eigenvalue weighted by Crippen LogP contribution is 2.37. The van der Waals surface area contributed by atoms with Gasteiger partial charge in [-0.05, 0) is 12.1 Å². The first kappa shape index (κ1) is 12.3. The summed E-state index contributed by atoms with van der Waals surface area (Å²) in [6.45, 7) is 0. The first-order chi connectivity index (χ1) is 9.56. The molecule has 3 aromatic rings. The molecule has 1 aromatic carbocycles. The predicted molar refractivity (Wildman–Crippen MR) is 68.5 cm³/mol. The van der Waals surface area contributed by atoms with Crippen LogP contribution in [0.25, 0.3) is 22.4 Å². The minimum absolute atomic E-state index is 0.0330. The molecule has 2 N–H and O–H groups in total. The van der Waals surface area contributed by atoms with Crippen LogP contribution in [0.2, 0.25) is 0 Å². The summed E-state index contributed by atoms with van der Waals surface area (Å²) in [5.41, 5.74) is 7.12. The summed E-state index contributed by atoms with van der Waals surface area (Å²) in [5.74, 6) is -1.43. The van der Waals surface area contributed by atoms with Gasteiger partial charge in [0.15, 0.2) is 0 Å². The topological polar surface area (TPSA) is 69.9 Å². The van der Waals surface area contributed by atoms with Crippen molar-refractivity contribution >= 4 is 5.88 Å². The van der Waals surface area contributed by atoms with Crippen LogP contribution >= 0.6 is 0 Å². The monoisotopic (exact) mass is 276 g/mol. The average molecular weight is 276 g/mol. The second-order valence-corrected chi connectivity index (χ2v) is 4.30. The number of halogens is 2. The fraction of sp³-hybridized carbons (Fsp3) is 0.0769. The third-order valence-corrected chi connectivity index (χ3v) is 2.90. The molecular weight excluding hydrogens is 266 g/mol. The Morgan fingerprint density at radius 1 is 1.30 bits per heavy atom. The third-order valence-electron chi connectivity index (χ3n) is 2.90. The highest BCUT2D eigenvalue weighted by Gasteiger charge is 2.21. The molecule has 20 heavy (non-hydrogen) atoms. The van der Waals surface area contributed by atoms with Crippen LogP contribution in [0.5, 0.6) is 0 Å². The van der Waals surface area contributed by atoms with E-state index in [9.17, 15) is 8.78 Å². The molecule has 5 nitrogen and oxygen atoms in total. The maximum absolute atomic E-state index is 13.9. The molecule has 0 aliphatic heterocycles. The number of nitrogens with zero attached hydrogens (tertiary/aromatic N) is 3. The Labute approximate surface area is 112 Å². The van der Waals surface area contributed by atoms with E-state index in [1.807, 2.05) is 0 Å². The fourth-order valence-electron chi connectivity index (χ4n) is 2.00. The molecule has 0 saturated heterocycles. The lowest BCUT2D eigenvalue weighted by molar-refractivity contribution is 0.439. The van der Waals surface area contributed by atoms with Gasteiger partial charge in [-0.3, -0.25) is 4.68 Å². The van der Waals surface area contributed by atoms with Gasteiger partial charge in [-0.15, -0.1) is 0 Å². The molecule has 2 aromatic heterocycles. The summed E-state index contributed by atoms with van der Waals surface area (Å²) >= 11 is 0. The van der Waals surface area contributed by atoms with E-state index in [-0.39, 0.29) is 17.0 Å². The van der Waals surface area contributed by atoms with Gasteiger partial charge in [-0.25, -0.2) is 8.78 Å². The molecule has 0 aliphatic carbocycles. The molecule has 7 heteroatoms. The Hall–Kier alpha value is -2.70. The SMILES string of the molecule is Cn1cc(-c2noc(N)c2-c2ccc(F)cc2F)cn1. The predicted octanol–water partition coefficient (Wildman–Crippen LogP) is 2.60. The lowest BCUT2D eigenvalue weighted by Gasteiger charge is -2.03. The van der Waals surface area contributed by atoms with Gasteiger partial charge in [0.2, 0.25) is 5.88 Å². The molecule has 3 rings (SSSR count). The van der Waals surface area contributed by atoms with Gasteiger partial charge < -0.3 is 10.3 Å². The summed E-state index contributed by atoms with van der Waals surface area (Å²) in [7, 11) is 1.74. The molecular formula is C13H10F2N4O. The fourth-order valence-corrected chi connectivity index (χ4v) is 2.00. The second-order valence-electron chi connectivity index (χ2n) is 4.30. The molecule has 0 aliphatic rings. The molecule has 0 bridgehead atoms. The average Bonchev–Trinajstić information content (AvgIpc) is 2.96. The molecule has 0 fully saturated rings. The number of hydrogen-bond acceptors (Lipinski definition) is 4. The smallest absolute Gasteiger partial charge is 0.230 e. The van der Waals surface area contributed by atoms with Crippen LogP contribution in [-0.2, 0) is 7.05 Å². The lowest BCUT2D eigenvalue weighted by Crippen LogP contribution is -1.91. The Bertz CT molecular complexity index is 779. The zero-order chi connectivity index (χ0) is 14.3. The van der Waals surface area contributed by atoms with Gasteiger partial charge in [0.05, 0.1) is 11.8 Å². The van der Waals surface area contributed by atoms with Crippen LogP contribution < -0.4 is 5.73 Å². The molecule has 0 spiro atoms. The van der Waals surface area contributed by atoms with Crippen molar-refractivity contribution in [3.63, 3.8) is 0 Å². The van der Waals surface area contributed by atoms with E-state index in [1.165, 1.54) is 6.07 Å². The third kappa shape index (κ3) is 1.93. The number of aromatic nitrogens is 3. The molecule has 0 radical (unpaired) electrons. The highest BCUT2D eigenvalue weighted by atomic mass is 19.1. The van der Waals surface area contributed by atoms with E-state index in [4.69, 9.17) is 10.3 Å². The van der Waals surface area contributed by atoms with Crippen molar-refractivity contribution in [2.24, 2.45) is 7.05 Å². The number of aryl methyl sites for hydroxylation is 1. The number of hydrogen-bond donors (Lipinski definition) is 1. The van der Waals surface area contributed by atoms with Crippen molar-refractivity contribution in [2.75, 3.05) is 5.73 Å². The first-order valence-corrected chi connectivity index (χ1v) is 5.76. The van der Waals surface area contributed by atoms with Crippen molar-refractivity contribution in [1.29, 1.82) is 0 Å². The number of nitrogens with two attached hydrogens (primary N) is 1. The minimum Gasteiger partial charge on any atom is -0.367 e. The van der Waals surface area contributed by atoms with Gasteiger partial charge in [-0.2, -0.15) is 5.10 Å². The van der Waals surface area contributed by atoms with Gasteiger partial charge in [0.1, 0.15) is 17.3 Å². The summed E-state index contributed by atoms with van der Waals surface area (Å²) in [4.78, 5) is 0. The Morgan fingerprint density at radius 3 is 2.75 bits per heavy atom. The normalized spacial score (nSPS) is 10.9. The van der Waals surface area contributed by atoms with E-state index >= 15 is 0 Å². The second kappa shape index (κ2) is 4.44. The minimum atomic E-state index is -0.731. The Morgan fingerprint density at radius 2 is 2.10 bits per heavy atom. The maximum Gasteiger partial charge on any atom is 0.230 e. The van der Waals surface area contributed by atoms with Gasteiger partial charge in [0.25, 0.3) is 0 Å². The van der Waals surface area contributed by atoms with Crippen LogP contribution in [0.15, 0.2) is 35.1 Å². The van der Waals surface area contributed by atoms with Crippen LogP contribution in [0.1, 0.15) is 0 Å². The Kier molecular flexibility index (Phi) is 2.74. The standard InChI is InChI=1S/C13H10F2N4O/c1-19-6-7(5-17-19)12-11(13(16)20-18-12)9-3-2-8(14)4-10(9)15/h2-6H,16H2,1H3. The van der Waals surface area contributed by atoms with E-state index in [0.717, 1.165) is 12.1 Å². The van der Waals surface area contributed by atoms with Crippen LogP contribution in [0, 0.1) is 11.6 Å². The summed E-state index contributed by atoms with van der Waals surface area (Å²) in [5, 5.41) is 7.84. The number of rotatable bonds is 2. The molecule has 0 atom stereocenters. The summed E-state index contributed by atoms with van der Waals surface area (Å²) < 4.78 is 33.4. The zero-order valence-corrected chi connectivity index (χ0v) is 10.5. The van der Waals surface area contributed by atoms with Crippen molar-refractivity contribution < 1.29 is 13.3 Å². The van der Waals surface area contributed by atoms with E-state index < -0.39 is 11.6 Å². The van der Waals surface area contributed by atoms with Crippen molar-refractivity contribution in [2.45, 2.75) is 0 Å². The van der Waals surface area contributed by atoms with Crippen LogP contribution in [-0.4, -0.2) is 14.9 Å². The van der Waals surface area contributed by atoms with E-state index in [1.54, 1.807) is 24.1 Å². The largest absolute Gasteiger partial charge is 0.367 e. The van der Waals surface area contributed by atoms with Crippen LogP contribution in [0.3, 0.4) is 0 Å². The highest BCUT2D eigenvalue weighted by molar-refractivity contribution is 5.86. The number of nitrogen functional groups attached to an aromatic ring is 1. The van der Waals surface area contributed by atoms with Gasteiger partial charge in [-0.1, -0.05) is 5.16 Å². The van der Waals surface area contributed by atoms with Crippen molar-refractivity contribution in [1.82, 2.24) is 14.9 Å². The zero-order valence-electron chi connectivity index (χ0n) is 10.5. The molecule has 2 heterocycles. The quantitative estimate of drug-likeness (QED) is 0.781. The van der Waals surface area contributed by atoms with E-state index in [2.05, 4.69) is 10.3 Å². The molecule has 0 amide bonds. The Balaban J connectivity index is 2.21. The summed E-state index contributed by atoms with van der Waals surface area (Å²) in [6, 6.07) is 3.24. The molecule has 102 valence electrons. The van der Waals surface area contributed by atoms with Crippen LogP contribution in [0.4, 0.5) is 14.7 Å². The lowest BCUT2D eigenvalue weighted by atomic mass is 10.0. The molecule has 0 saturated carbocycles. The molecule has 0 unspecified atom stereocenters. The first-order valence-electron chi connectivity index (χ1n) is 5.76. The van der Waals surface area contributed by atoms with Crippen molar-refractivity contribution in [3.8, 4) is 22.4 Å². The summed E-state index contributed by atoms with van der Waals surface area (Å²) in [6.07, 6.45) is 3.25.